The van der Waals surface area contributed by atoms with Crippen LogP contribution in [-0.2, 0) is 4.74 Å². The van der Waals surface area contributed by atoms with Gasteiger partial charge in [0.2, 0.25) is 5.56 Å². The number of aromatic nitrogens is 1. The lowest BCUT2D eigenvalue weighted by atomic mass is 9.92. The summed E-state index contributed by atoms with van der Waals surface area (Å²) in [6.07, 6.45) is -0.415. The molecule has 2 aromatic carbocycles. The highest BCUT2D eigenvalue weighted by atomic mass is 16.6. The second kappa shape index (κ2) is 9.07. The maximum Gasteiger partial charge on any atom is 0.407 e. The maximum atomic E-state index is 12.0. The summed E-state index contributed by atoms with van der Waals surface area (Å²) in [6, 6.07) is 11.8. The maximum absolute atomic E-state index is 12.0. The molecule has 0 radical (unpaired) electrons. The minimum absolute atomic E-state index is 0.115. The first-order chi connectivity index (χ1) is 15.0. The van der Waals surface area contributed by atoms with E-state index in [0.29, 0.717) is 6.54 Å². The first kappa shape index (κ1) is 23.4. The average Bonchev–Trinajstić information content (AvgIpc) is 2.71. The topological polar surface area (TPSA) is 80.4 Å². The lowest BCUT2D eigenvalue weighted by Crippen LogP contribution is -2.34. The minimum Gasteiger partial charge on any atom is -0.496 e. The fourth-order valence-electron chi connectivity index (χ4n) is 3.86. The molecule has 3 aromatic rings. The van der Waals surface area contributed by atoms with Crippen molar-refractivity contribution in [2.45, 2.75) is 53.1 Å². The molecule has 2 N–H and O–H groups in total. The fraction of sp³-hybridized carbons (Fsp3) is 0.385. The fourth-order valence-corrected chi connectivity index (χ4v) is 3.86. The Morgan fingerprint density at radius 1 is 1.09 bits per heavy atom. The highest BCUT2D eigenvalue weighted by Gasteiger charge is 2.18. The number of carbonyl (C=O) groups is 1. The third-order valence-electron chi connectivity index (χ3n) is 5.42. The quantitative estimate of drug-likeness (QED) is 0.557. The van der Waals surface area contributed by atoms with Gasteiger partial charge in [0.1, 0.15) is 11.4 Å². The largest absolute Gasteiger partial charge is 0.496 e. The summed E-state index contributed by atoms with van der Waals surface area (Å²) >= 11 is 0. The van der Waals surface area contributed by atoms with Gasteiger partial charge in [-0.3, -0.25) is 4.79 Å². The molecule has 0 saturated carbocycles. The van der Waals surface area contributed by atoms with Crippen LogP contribution >= 0.6 is 0 Å². The zero-order chi connectivity index (χ0) is 23.6. The Kier molecular flexibility index (Phi) is 6.63. The van der Waals surface area contributed by atoms with Crippen molar-refractivity contribution in [2.24, 2.45) is 0 Å². The number of rotatable bonds is 5. The van der Waals surface area contributed by atoms with Crippen molar-refractivity contribution >= 4 is 17.0 Å². The van der Waals surface area contributed by atoms with Gasteiger partial charge in [-0.05, 0) is 68.9 Å². The number of benzene rings is 2. The van der Waals surface area contributed by atoms with Crippen LogP contribution in [0.2, 0.25) is 0 Å². The Balaban J connectivity index is 1.92. The van der Waals surface area contributed by atoms with Crippen LogP contribution in [0.25, 0.3) is 22.0 Å². The van der Waals surface area contributed by atoms with Crippen molar-refractivity contribution in [3.63, 3.8) is 0 Å². The Morgan fingerprint density at radius 2 is 1.75 bits per heavy atom. The SMILES string of the molecule is COc1cc(C)c2[nH]c(=O)cc(C)c2c1-c1ccc(C(C)CNC(=O)OC(C)(C)C)cc1. The molecular weight excluding hydrogens is 404 g/mol. The van der Waals surface area contributed by atoms with Gasteiger partial charge in [-0.25, -0.2) is 4.79 Å². The van der Waals surface area contributed by atoms with Crippen molar-refractivity contribution in [3.05, 3.63) is 63.4 Å². The van der Waals surface area contributed by atoms with Crippen LogP contribution in [0.15, 0.2) is 41.2 Å². The van der Waals surface area contributed by atoms with E-state index >= 15 is 0 Å². The van der Waals surface area contributed by atoms with Gasteiger partial charge in [-0.2, -0.15) is 0 Å². The summed E-state index contributed by atoms with van der Waals surface area (Å²) in [4.78, 5) is 26.9. The molecule has 1 amide bonds. The molecule has 1 heterocycles. The van der Waals surface area contributed by atoms with Crippen LogP contribution in [-0.4, -0.2) is 30.3 Å². The summed E-state index contributed by atoms with van der Waals surface area (Å²) in [6.45, 7) is 12.0. The predicted molar refractivity (Wildman–Crippen MR) is 129 cm³/mol. The number of fused-ring (bicyclic) bond motifs is 1. The third kappa shape index (κ3) is 5.13. The van der Waals surface area contributed by atoms with E-state index in [1.165, 1.54) is 0 Å². The van der Waals surface area contributed by atoms with Crippen molar-refractivity contribution < 1.29 is 14.3 Å². The summed E-state index contributed by atoms with van der Waals surface area (Å²) in [7, 11) is 1.66. The average molecular weight is 437 g/mol. The van der Waals surface area contributed by atoms with E-state index in [1.54, 1.807) is 13.2 Å². The Morgan fingerprint density at radius 3 is 2.34 bits per heavy atom. The van der Waals surface area contributed by atoms with E-state index in [2.05, 4.69) is 41.5 Å². The van der Waals surface area contributed by atoms with Gasteiger partial charge in [0.05, 0.1) is 12.6 Å². The highest BCUT2D eigenvalue weighted by molar-refractivity contribution is 6.01. The van der Waals surface area contributed by atoms with Gasteiger partial charge >= 0.3 is 6.09 Å². The highest BCUT2D eigenvalue weighted by Crippen LogP contribution is 2.39. The number of nitrogens with one attached hydrogen (secondary N) is 2. The molecule has 0 aliphatic rings. The molecule has 0 fully saturated rings. The Hall–Kier alpha value is -3.28. The standard InChI is InChI=1S/C26H32N2O4/c1-15-13-21(29)28-24-16(2)12-20(31-7)23(22(15)24)19-10-8-18(9-11-19)17(3)14-27-25(30)32-26(4,5)6/h8-13,17H,14H2,1-7H3,(H,27,30)(H,28,29). The number of hydrogen-bond donors (Lipinski definition) is 2. The van der Waals surface area contributed by atoms with Crippen LogP contribution in [0.3, 0.4) is 0 Å². The van der Waals surface area contributed by atoms with Crippen molar-refractivity contribution in [1.82, 2.24) is 10.3 Å². The van der Waals surface area contributed by atoms with Crippen LogP contribution in [0.4, 0.5) is 4.79 Å². The van der Waals surface area contributed by atoms with Crippen LogP contribution < -0.4 is 15.6 Å². The van der Waals surface area contributed by atoms with Crippen LogP contribution in [0.1, 0.15) is 50.3 Å². The second-order valence-corrected chi connectivity index (χ2v) is 9.24. The number of alkyl carbamates (subject to hydrolysis) is 1. The summed E-state index contributed by atoms with van der Waals surface area (Å²) in [5, 5.41) is 3.81. The molecular formula is C26H32N2O4. The Bertz CT molecular complexity index is 1190. The Labute approximate surface area is 189 Å². The van der Waals surface area contributed by atoms with Gasteiger partial charge in [0.25, 0.3) is 0 Å². The summed E-state index contributed by atoms with van der Waals surface area (Å²) < 4.78 is 11.0. The van der Waals surface area contributed by atoms with E-state index in [-0.39, 0.29) is 11.5 Å². The number of hydrogen-bond acceptors (Lipinski definition) is 4. The smallest absolute Gasteiger partial charge is 0.407 e. The normalized spacial score (nSPS) is 12.5. The van der Waals surface area contributed by atoms with Gasteiger partial charge in [0.15, 0.2) is 0 Å². The van der Waals surface area contributed by atoms with Crippen molar-refractivity contribution in [1.29, 1.82) is 0 Å². The number of aryl methyl sites for hydroxylation is 2. The number of methoxy groups -OCH3 is 1. The molecule has 0 spiro atoms. The molecule has 3 rings (SSSR count). The number of carbonyl (C=O) groups excluding carboxylic acids is 1. The first-order valence-electron chi connectivity index (χ1n) is 10.8. The predicted octanol–water partition coefficient (Wildman–Crippen LogP) is 5.45. The van der Waals surface area contributed by atoms with E-state index in [1.807, 2.05) is 40.7 Å². The van der Waals surface area contributed by atoms with E-state index in [4.69, 9.17) is 9.47 Å². The van der Waals surface area contributed by atoms with E-state index < -0.39 is 11.7 Å². The van der Waals surface area contributed by atoms with Crippen molar-refractivity contribution in [3.8, 4) is 16.9 Å². The zero-order valence-electron chi connectivity index (χ0n) is 19.9. The number of aromatic amines is 1. The molecule has 6 heteroatoms. The van der Waals surface area contributed by atoms with E-state index in [9.17, 15) is 9.59 Å². The lowest BCUT2D eigenvalue weighted by Gasteiger charge is -2.21. The number of pyridine rings is 1. The van der Waals surface area contributed by atoms with Gasteiger partial charge < -0.3 is 19.8 Å². The summed E-state index contributed by atoms with van der Waals surface area (Å²) in [5.74, 6) is 0.879. The molecule has 0 bridgehead atoms. The molecule has 0 aliphatic heterocycles. The van der Waals surface area contributed by atoms with Gasteiger partial charge in [0, 0.05) is 23.6 Å². The first-order valence-corrected chi connectivity index (χ1v) is 10.8. The molecule has 0 aliphatic carbocycles. The van der Waals surface area contributed by atoms with Gasteiger partial charge in [-0.15, -0.1) is 0 Å². The third-order valence-corrected chi connectivity index (χ3v) is 5.42. The van der Waals surface area contributed by atoms with Crippen molar-refractivity contribution in [2.75, 3.05) is 13.7 Å². The number of amides is 1. The second-order valence-electron chi connectivity index (χ2n) is 9.24. The monoisotopic (exact) mass is 436 g/mol. The molecule has 32 heavy (non-hydrogen) atoms. The molecule has 1 atom stereocenters. The number of H-pyrrole nitrogens is 1. The lowest BCUT2D eigenvalue weighted by molar-refractivity contribution is 0.0525. The zero-order valence-corrected chi connectivity index (χ0v) is 19.9. The van der Waals surface area contributed by atoms with E-state index in [0.717, 1.165) is 44.5 Å². The minimum atomic E-state index is -0.521. The summed E-state index contributed by atoms with van der Waals surface area (Å²) in [5.41, 5.74) is 5.10. The molecule has 170 valence electrons. The number of ether oxygens (including phenoxy) is 2. The molecule has 0 saturated heterocycles. The molecule has 1 aromatic heterocycles. The molecule has 1 unspecified atom stereocenters. The van der Waals surface area contributed by atoms with Crippen LogP contribution in [0, 0.1) is 13.8 Å². The van der Waals surface area contributed by atoms with Crippen LogP contribution in [0.5, 0.6) is 5.75 Å². The van der Waals surface area contributed by atoms with Gasteiger partial charge in [-0.1, -0.05) is 31.2 Å². The molecule has 6 nitrogen and oxygen atoms in total.